The van der Waals surface area contributed by atoms with Crippen LogP contribution in [0, 0.1) is 0 Å². The highest BCUT2D eigenvalue weighted by atomic mass is 16.3. The van der Waals surface area contributed by atoms with Gasteiger partial charge >= 0.3 is 0 Å². The molecule has 0 spiro atoms. The lowest BCUT2D eigenvalue weighted by Gasteiger charge is -2.08. The first-order valence-electron chi connectivity index (χ1n) is 6.71. The summed E-state index contributed by atoms with van der Waals surface area (Å²) in [5, 5.41) is 33.0. The van der Waals surface area contributed by atoms with Crippen LogP contribution in [-0.2, 0) is 0 Å². The molecule has 5 N–H and O–H groups in total. The number of hydrogen-bond donors (Lipinski definition) is 5. The van der Waals surface area contributed by atoms with E-state index in [9.17, 15) is 24.9 Å². The topological polar surface area (TPSA) is 132 Å². The number of pyridine rings is 1. The molecule has 0 unspecified atom stereocenters. The molecule has 23 heavy (non-hydrogen) atoms. The first-order valence-corrected chi connectivity index (χ1v) is 6.71. The lowest BCUT2D eigenvalue weighted by Crippen LogP contribution is -2.34. The zero-order chi connectivity index (χ0) is 16.8. The van der Waals surface area contributed by atoms with Crippen molar-refractivity contribution in [3.05, 3.63) is 47.8 Å². The summed E-state index contributed by atoms with van der Waals surface area (Å²) < 4.78 is 0. The van der Waals surface area contributed by atoms with Gasteiger partial charge in [0.1, 0.15) is 5.69 Å². The molecule has 1 aromatic heterocycles. The van der Waals surface area contributed by atoms with Crippen LogP contribution < -0.4 is 10.6 Å². The first kappa shape index (κ1) is 16.1. The molecule has 0 aliphatic carbocycles. The lowest BCUT2D eigenvalue weighted by atomic mass is 10.1. The fraction of sp³-hybridized carbons (Fsp3) is 0.133. The van der Waals surface area contributed by atoms with Crippen molar-refractivity contribution in [3.8, 4) is 17.2 Å². The van der Waals surface area contributed by atoms with Crippen molar-refractivity contribution in [1.82, 2.24) is 15.6 Å². The Labute approximate surface area is 131 Å². The number of carbonyl (C=O) groups is 2. The summed E-state index contributed by atoms with van der Waals surface area (Å²) in [5.41, 5.74) is 0.251. The number of benzene rings is 1. The van der Waals surface area contributed by atoms with Gasteiger partial charge in [0, 0.05) is 24.8 Å². The second-order valence-corrected chi connectivity index (χ2v) is 4.59. The minimum Gasteiger partial charge on any atom is -0.504 e. The van der Waals surface area contributed by atoms with Gasteiger partial charge in [-0.2, -0.15) is 0 Å². The van der Waals surface area contributed by atoms with Gasteiger partial charge in [-0.05, 0) is 24.3 Å². The predicted octanol–water partition coefficient (Wildman–Crippen LogP) is 0.358. The van der Waals surface area contributed by atoms with E-state index < -0.39 is 23.2 Å². The molecular weight excluding hydrogens is 302 g/mol. The number of nitrogens with one attached hydrogen (secondary N) is 2. The molecule has 1 aromatic carbocycles. The van der Waals surface area contributed by atoms with Gasteiger partial charge in [-0.3, -0.25) is 14.6 Å². The number of nitrogens with zero attached hydrogens (tertiary/aromatic N) is 1. The molecule has 0 aliphatic heterocycles. The van der Waals surface area contributed by atoms with E-state index in [1.165, 1.54) is 6.20 Å². The van der Waals surface area contributed by atoms with Crippen molar-refractivity contribution in [1.29, 1.82) is 0 Å². The number of aromatic nitrogens is 1. The van der Waals surface area contributed by atoms with Crippen LogP contribution >= 0.6 is 0 Å². The molecule has 8 heteroatoms. The summed E-state index contributed by atoms with van der Waals surface area (Å²) in [5.74, 6) is -2.82. The number of aromatic hydroxyl groups is 3. The van der Waals surface area contributed by atoms with E-state index in [1.807, 2.05) is 0 Å². The van der Waals surface area contributed by atoms with E-state index in [1.54, 1.807) is 18.2 Å². The molecule has 0 atom stereocenters. The van der Waals surface area contributed by atoms with E-state index in [0.29, 0.717) is 0 Å². The maximum atomic E-state index is 11.8. The zero-order valence-electron chi connectivity index (χ0n) is 12.0. The van der Waals surface area contributed by atoms with Gasteiger partial charge in [0.2, 0.25) is 0 Å². The minimum absolute atomic E-state index is 0.0196. The van der Waals surface area contributed by atoms with Crippen molar-refractivity contribution >= 4 is 11.8 Å². The van der Waals surface area contributed by atoms with Gasteiger partial charge < -0.3 is 26.0 Å². The number of amides is 2. The maximum absolute atomic E-state index is 11.8. The fourth-order valence-corrected chi connectivity index (χ4v) is 1.78. The van der Waals surface area contributed by atoms with E-state index in [2.05, 4.69) is 15.6 Å². The lowest BCUT2D eigenvalue weighted by molar-refractivity contribution is 0.0925. The van der Waals surface area contributed by atoms with Gasteiger partial charge in [0.15, 0.2) is 17.2 Å². The molecule has 2 rings (SSSR count). The summed E-state index contributed by atoms with van der Waals surface area (Å²) in [6.45, 7) is 0.316. The molecule has 120 valence electrons. The predicted molar refractivity (Wildman–Crippen MR) is 80.3 cm³/mol. The molecule has 1 heterocycles. The summed E-state index contributed by atoms with van der Waals surface area (Å²) in [7, 11) is 0. The first-order chi connectivity index (χ1) is 11.0. The van der Waals surface area contributed by atoms with Gasteiger partial charge in [0.25, 0.3) is 11.8 Å². The molecule has 0 fully saturated rings. The summed E-state index contributed by atoms with van der Waals surface area (Å²) >= 11 is 0. The summed E-state index contributed by atoms with van der Waals surface area (Å²) in [6.07, 6.45) is 1.50. The van der Waals surface area contributed by atoms with Crippen molar-refractivity contribution in [2.45, 2.75) is 0 Å². The molecule has 2 aromatic rings. The standard InChI is InChI=1S/C15H15N3O5/c19-11-7-9(8-12(20)13(11)21)14(22)17-5-6-18-15(23)10-3-1-2-4-16-10/h1-4,7-8,19-21H,5-6H2,(H,17,22)(H,18,23). The SMILES string of the molecule is O=C(NCCNC(=O)c1ccccn1)c1cc(O)c(O)c(O)c1. The number of rotatable bonds is 5. The second-order valence-electron chi connectivity index (χ2n) is 4.59. The van der Waals surface area contributed by atoms with Crippen LogP contribution in [0.1, 0.15) is 20.8 Å². The molecule has 8 nitrogen and oxygen atoms in total. The Hall–Kier alpha value is -3.29. The van der Waals surface area contributed by atoms with Crippen LogP contribution in [0.15, 0.2) is 36.5 Å². The highest BCUT2D eigenvalue weighted by Gasteiger charge is 2.13. The number of carbonyl (C=O) groups excluding carboxylic acids is 2. The van der Waals surface area contributed by atoms with Crippen LogP contribution in [0.5, 0.6) is 17.2 Å². The van der Waals surface area contributed by atoms with Gasteiger partial charge in [-0.1, -0.05) is 6.07 Å². The van der Waals surface area contributed by atoms with Crippen molar-refractivity contribution in [2.75, 3.05) is 13.1 Å². The van der Waals surface area contributed by atoms with Crippen molar-refractivity contribution < 1.29 is 24.9 Å². The van der Waals surface area contributed by atoms with E-state index in [0.717, 1.165) is 12.1 Å². The van der Waals surface area contributed by atoms with E-state index >= 15 is 0 Å². The molecule has 0 aliphatic rings. The Bertz CT molecular complexity index is 695. The largest absolute Gasteiger partial charge is 0.504 e. The molecular formula is C15H15N3O5. The Morgan fingerprint density at radius 3 is 2.13 bits per heavy atom. The van der Waals surface area contributed by atoms with Crippen LogP contribution in [0.4, 0.5) is 0 Å². The average molecular weight is 317 g/mol. The molecule has 0 saturated heterocycles. The van der Waals surface area contributed by atoms with Crippen LogP contribution in [0.3, 0.4) is 0 Å². The minimum atomic E-state index is -0.691. The highest BCUT2D eigenvalue weighted by molar-refractivity contribution is 5.95. The third-order valence-electron chi connectivity index (χ3n) is 2.93. The Kier molecular flexibility index (Phi) is 4.98. The van der Waals surface area contributed by atoms with Gasteiger partial charge in [-0.25, -0.2) is 0 Å². The monoisotopic (exact) mass is 317 g/mol. The molecule has 2 amide bonds. The van der Waals surface area contributed by atoms with Crippen molar-refractivity contribution in [3.63, 3.8) is 0 Å². The molecule has 0 bridgehead atoms. The van der Waals surface area contributed by atoms with Crippen molar-refractivity contribution in [2.24, 2.45) is 0 Å². The quantitative estimate of drug-likeness (QED) is 0.399. The second kappa shape index (κ2) is 7.12. The Balaban J connectivity index is 1.82. The zero-order valence-corrected chi connectivity index (χ0v) is 12.0. The van der Waals surface area contributed by atoms with Crippen LogP contribution in [-0.4, -0.2) is 45.2 Å². The smallest absolute Gasteiger partial charge is 0.269 e. The number of phenols is 3. The van der Waals surface area contributed by atoms with Gasteiger partial charge in [-0.15, -0.1) is 0 Å². The van der Waals surface area contributed by atoms with Crippen LogP contribution in [0.25, 0.3) is 0 Å². The van der Waals surface area contributed by atoms with E-state index in [-0.39, 0.29) is 30.3 Å². The normalized spacial score (nSPS) is 10.1. The molecule has 0 radical (unpaired) electrons. The average Bonchev–Trinajstić information content (AvgIpc) is 2.56. The molecule has 0 saturated carbocycles. The fourth-order valence-electron chi connectivity index (χ4n) is 1.78. The highest BCUT2D eigenvalue weighted by Crippen LogP contribution is 2.35. The third kappa shape index (κ3) is 4.10. The number of phenolic OH excluding ortho intramolecular Hbond substituents is 3. The Morgan fingerprint density at radius 2 is 1.57 bits per heavy atom. The Morgan fingerprint density at radius 1 is 0.957 bits per heavy atom. The third-order valence-corrected chi connectivity index (χ3v) is 2.93. The van der Waals surface area contributed by atoms with E-state index in [4.69, 9.17) is 0 Å². The summed E-state index contributed by atoms with van der Waals surface area (Å²) in [4.78, 5) is 27.4. The number of hydrogen-bond acceptors (Lipinski definition) is 6. The maximum Gasteiger partial charge on any atom is 0.269 e. The van der Waals surface area contributed by atoms with Gasteiger partial charge in [0.05, 0.1) is 0 Å². The summed E-state index contributed by atoms with van der Waals surface area (Å²) in [6, 6.07) is 7.00. The van der Waals surface area contributed by atoms with Crippen LogP contribution in [0.2, 0.25) is 0 Å².